The van der Waals surface area contributed by atoms with Crippen molar-refractivity contribution in [3.8, 4) is 11.4 Å². The molecular weight excluding hydrogens is 457 g/mol. The Morgan fingerprint density at radius 1 is 1.26 bits per heavy atom. The summed E-state index contributed by atoms with van der Waals surface area (Å²) in [4.78, 5) is 20.9. The number of ether oxygens (including phenoxy) is 2. The van der Waals surface area contributed by atoms with Crippen LogP contribution in [0, 0.1) is 0 Å². The van der Waals surface area contributed by atoms with E-state index in [-0.39, 0.29) is 5.69 Å². The van der Waals surface area contributed by atoms with Gasteiger partial charge in [-0.1, -0.05) is 5.16 Å². The van der Waals surface area contributed by atoms with E-state index in [0.717, 1.165) is 11.3 Å². The number of nitrogen functional groups attached to an aromatic ring is 1. The van der Waals surface area contributed by atoms with Gasteiger partial charge in [0.1, 0.15) is 23.1 Å². The molecule has 1 aliphatic heterocycles. The summed E-state index contributed by atoms with van der Waals surface area (Å²) in [5, 5.41) is 5.92. The van der Waals surface area contributed by atoms with E-state index in [1.807, 2.05) is 4.57 Å². The third kappa shape index (κ3) is 3.69. The van der Waals surface area contributed by atoms with Gasteiger partial charge in [0, 0.05) is 23.4 Å². The first-order valence-corrected chi connectivity index (χ1v) is 9.97. The maximum atomic E-state index is 12.7. The molecule has 0 bridgehead atoms. The zero-order chi connectivity index (χ0) is 24.0. The highest BCUT2D eigenvalue weighted by atomic mass is 19.4. The van der Waals surface area contributed by atoms with Crippen molar-refractivity contribution < 1.29 is 32.0 Å². The Kier molecular flexibility index (Phi) is 5.12. The molecule has 0 saturated heterocycles. The second-order valence-electron chi connectivity index (χ2n) is 7.50. The number of nitrogens with one attached hydrogen (secondary N) is 1. The number of carbonyl (C=O) groups excluding carboxylic acids is 1. The summed E-state index contributed by atoms with van der Waals surface area (Å²) in [5.41, 5.74) is 10.1. The molecule has 1 aromatic carbocycles. The summed E-state index contributed by atoms with van der Waals surface area (Å²) >= 11 is 0. The van der Waals surface area contributed by atoms with Crippen LogP contribution in [0.4, 0.5) is 24.7 Å². The molecule has 4 aromatic rings. The summed E-state index contributed by atoms with van der Waals surface area (Å²) in [6.45, 7) is 0.766. The first kappa shape index (κ1) is 21.7. The standard InChI is InChI=1S/C21H17F3N6O4/c1-32-15-6-11(30-14-8-33-7-12(14)18-19(30)20(25)27-9-26-18)2-3-13(15)28-17(31)5-10-4-16(34-29-10)21(22,23)24/h2-4,6,9H,5,7-8H2,1H3,(H,28,31)(H2,25,26,27). The van der Waals surface area contributed by atoms with Crippen molar-refractivity contribution in [1.82, 2.24) is 19.7 Å². The largest absolute Gasteiger partial charge is 0.494 e. The summed E-state index contributed by atoms with van der Waals surface area (Å²) in [5.74, 6) is -1.23. The summed E-state index contributed by atoms with van der Waals surface area (Å²) < 4.78 is 55.2. The van der Waals surface area contributed by atoms with Crippen LogP contribution in [0.3, 0.4) is 0 Å². The zero-order valence-electron chi connectivity index (χ0n) is 17.6. The van der Waals surface area contributed by atoms with E-state index in [4.69, 9.17) is 15.2 Å². The Balaban J connectivity index is 1.44. The normalized spacial score (nSPS) is 13.3. The van der Waals surface area contributed by atoms with E-state index < -0.39 is 24.3 Å². The Hall–Kier alpha value is -4.13. The lowest BCUT2D eigenvalue weighted by Crippen LogP contribution is -2.15. The zero-order valence-corrected chi connectivity index (χ0v) is 17.6. The molecule has 1 amide bonds. The summed E-state index contributed by atoms with van der Waals surface area (Å²) in [6, 6.07) is 5.73. The maximum absolute atomic E-state index is 12.7. The third-order valence-electron chi connectivity index (χ3n) is 5.36. The van der Waals surface area contributed by atoms with Gasteiger partial charge in [-0.15, -0.1) is 0 Å². The number of methoxy groups -OCH3 is 1. The minimum atomic E-state index is -4.68. The van der Waals surface area contributed by atoms with E-state index in [1.54, 1.807) is 18.2 Å². The van der Waals surface area contributed by atoms with Crippen LogP contribution < -0.4 is 15.8 Å². The van der Waals surface area contributed by atoms with Crippen LogP contribution in [0.2, 0.25) is 0 Å². The van der Waals surface area contributed by atoms with Gasteiger partial charge in [0.25, 0.3) is 0 Å². The molecule has 0 saturated carbocycles. The number of hydrogen-bond donors (Lipinski definition) is 2. The fraction of sp³-hybridized carbons (Fsp3) is 0.238. The van der Waals surface area contributed by atoms with Gasteiger partial charge in [0.15, 0.2) is 5.82 Å². The van der Waals surface area contributed by atoms with Crippen LogP contribution >= 0.6 is 0 Å². The molecule has 0 radical (unpaired) electrons. The Bertz CT molecular complexity index is 1410. The molecule has 1 aliphatic rings. The molecule has 4 heterocycles. The molecule has 0 spiro atoms. The lowest BCUT2D eigenvalue weighted by Gasteiger charge is -2.15. The monoisotopic (exact) mass is 474 g/mol. The van der Waals surface area contributed by atoms with Gasteiger partial charge in [-0.3, -0.25) is 4.79 Å². The summed E-state index contributed by atoms with van der Waals surface area (Å²) in [7, 11) is 1.43. The summed E-state index contributed by atoms with van der Waals surface area (Å²) in [6.07, 6.45) is -3.69. The number of fused-ring (bicyclic) bond motifs is 3. The van der Waals surface area contributed by atoms with E-state index in [2.05, 4.69) is 25.0 Å². The van der Waals surface area contributed by atoms with Crippen molar-refractivity contribution in [2.75, 3.05) is 18.2 Å². The number of hydrogen-bond acceptors (Lipinski definition) is 8. The lowest BCUT2D eigenvalue weighted by molar-refractivity contribution is -0.155. The number of amides is 1. The molecule has 34 heavy (non-hydrogen) atoms. The fourth-order valence-electron chi connectivity index (χ4n) is 3.89. The molecule has 3 N–H and O–H groups in total. The predicted octanol–water partition coefficient (Wildman–Crippen LogP) is 3.23. The van der Waals surface area contributed by atoms with Crippen LogP contribution in [-0.4, -0.2) is 32.7 Å². The lowest BCUT2D eigenvalue weighted by atomic mass is 10.2. The second kappa shape index (κ2) is 8.02. The fourth-order valence-corrected chi connectivity index (χ4v) is 3.89. The van der Waals surface area contributed by atoms with E-state index in [9.17, 15) is 18.0 Å². The number of carbonyl (C=O) groups is 1. The number of benzene rings is 1. The number of nitrogens with two attached hydrogens (primary N) is 1. The van der Waals surface area contributed by atoms with Gasteiger partial charge in [-0.05, 0) is 12.1 Å². The SMILES string of the molecule is COc1cc(-n2c3c(c4ncnc(N)c42)COC3)ccc1NC(=O)Cc1cc(C(F)(F)F)on1. The Morgan fingerprint density at radius 2 is 2.09 bits per heavy atom. The number of nitrogens with zero attached hydrogens (tertiary/aromatic N) is 4. The first-order chi connectivity index (χ1) is 16.3. The molecule has 5 rings (SSSR count). The van der Waals surface area contributed by atoms with E-state index in [1.165, 1.54) is 13.4 Å². The predicted molar refractivity (Wildman–Crippen MR) is 112 cm³/mol. The van der Waals surface area contributed by atoms with Gasteiger partial charge < -0.3 is 29.6 Å². The highest BCUT2D eigenvalue weighted by Crippen LogP contribution is 2.37. The van der Waals surface area contributed by atoms with E-state index >= 15 is 0 Å². The second-order valence-corrected chi connectivity index (χ2v) is 7.50. The van der Waals surface area contributed by atoms with Crippen LogP contribution in [0.1, 0.15) is 22.7 Å². The van der Waals surface area contributed by atoms with Crippen molar-refractivity contribution in [3.05, 3.63) is 53.3 Å². The molecular formula is C21H17F3N6O4. The van der Waals surface area contributed by atoms with Crippen molar-refractivity contribution in [2.45, 2.75) is 25.8 Å². The van der Waals surface area contributed by atoms with Crippen LogP contribution in [0.5, 0.6) is 5.75 Å². The number of halogens is 3. The molecule has 13 heteroatoms. The van der Waals surface area contributed by atoms with Crippen LogP contribution in [0.25, 0.3) is 16.7 Å². The highest BCUT2D eigenvalue weighted by molar-refractivity contribution is 5.94. The van der Waals surface area contributed by atoms with Crippen molar-refractivity contribution >= 4 is 28.4 Å². The number of anilines is 2. The molecule has 0 fully saturated rings. The Morgan fingerprint density at radius 3 is 2.82 bits per heavy atom. The smallest absolute Gasteiger partial charge is 0.452 e. The molecule has 0 aliphatic carbocycles. The third-order valence-corrected chi connectivity index (χ3v) is 5.36. The van der Waals surface area contributed by atoms with Crippen LogP contribution in [-0.2, 0) is 35.3 Å². The van der Waals surface area contributed by atoms with Gasteiger partial charge in [-0.2, -0.15) is 13.2 Å². The van der Waals surface area contributed by atoms with Crippen molar-refractivity contribution in [2.24, 2.45) is 0 Å². The van der Waals surface area contributed by atoms with Gasteiger partial charge >= 0.3 is 6.18 Å². The number of rotatable bonds is 5. The van der Waals surface area contributed by atoms with Crippen LogP contribution in [0.15, 0.2) is 35.1 Å². The molecule has 0 atom stereocenters. The molecule has 10 nitrogen and oxygen atoms in total. The van der Waals surface area contributed by atoms with Crippen molar-refractivity contribution in [3.63, 3.8) is 0 Å². The average Bonchev–Trinajstić information content (AvgIpc) is 3.50. The highest BCUT2D eigenvalue weighted by Gasteiger charge is 2.36. The topological polar surface area (TPSA) is 130 Å². The maximum Gasteiger partial charge on any atom is 0.452 e. The van der Waals surface area contributed by atoms with Gasteiger partial charge in [0.05, 0.1) is 43.8 Å². The minimum Gasteiger partial charge on any atom is -0.494 e. The number of aromatic nitrogens is 4. The minimum absolute atomic E-state index is 0.148. The average molecular weight is 474 g/mol. The molecule has 3 aromatic heterocycles. The van der Waals surface area contributed by atoms with Crippen molar-refractivity contribution in [1.29, 1.82) is 0 Å². The molecule has 176 valence electrons. The van der Waals surface area contributed by atoms with Gasteiger partial charge in [0.2, 0.25) is 11.7 Å². The van der Waals surface area contributed by atoms with E-state index in [0.29, 0.717) is 53.3 Å². The number of alkyl halides is 3. The van der Waals surface area contributed by atoms with Gasteiger partial charge in [-0.25, -0.2) is 9.97 Å². The Labute approximate surface area is 189 Å². The first-order valence-electron chi connectivity index (χ1n) is 9.97. The quantitative estimate of drug-likeness (QED) is 0.451. The molecule has 0 unspecified atom stereocenters.